The topological polar surface area (TPSA) is 55.4 Å². The molecule has 1 heterocycles. The van der Waals surface area contributed by atoms with Gasteiger partial charge in [-0.1, -0.05) is 15.9 Å². The summed E-state index contributed by atoms with van der Waals surface area (Å²) in [4.78, 5) is 0. The van der Waals surface area contributed by atoms with E-state index in [1.807, 2.05) is 26.0 Å². The Balaban J connectivity index is 1.77. The molecule has 20 heavy (non-hydrogen) atoms. The molecule has 1 aromatic carbocycles. The summed E-state index contributed by atoms with van der Waals surface area (Å²) in [6, 6.07) is 4.07. The highest BCUT2D eigenvalue weighted by atomic mass is 79.9. The van der Waals surface area contributed by atoms with Crippen LogP contribution in [-0.2, 0) is 9.84 Å². The molecule has 1 aliphatic heterocycles. The summed E-state index contributed by atoms with van der Waals surface area (Å²) in [5.74, 6) is 1.41. The summed E-state index contributed by atoms with van der Waals surface area (Å²) < 4.78 is 29.5. The molecule has 1 atom stereocenters. The molecule has 0 aromatic heterocycles. The monoisotopic (exact) mass is 361 g/mol. The highest BCUT2D eigenvalue weighted by Gasteiger charge is 2.26. The largest absolute Gasteiger partial charge is 0.492 e. The van der Waals surface area contributed by atoms with Crippen molar-refractivity contribution in [3.63, 3.8) is 0 Å². The molecule has 1 aromatic rings. The fourth-order valence-corrected chi connectivity index (χ4v) is 4.31. The number of sulfone groups is 1. The van der Waals surface area contributed by atoms with Gasteiger partial charge in [-0.25, -0.2) is 8.42 Å². The first-order valence-corrected chi connectivity index (χ1v) is 9.32. The lowest BCUT2D eigenvalue weighted by Crippen LogP contribution is -2.33. The first kappa shape index (κ1) is 15.8. The van der Waals surface area contributed by atoms with Crippen molar-refractivity contribution in [2.75, 3.05) is 24.7 Å². The number of nitrogens with one attached hydrogen (secondary N) is 1. The Morgan fingerprint density at radius 1 is 1.35 bits per heavy atom. The summed E-state index contributed by atoms with van der Waals surface area (Å²) in [7, 11) is -2.81. The molecule has 112 valence electrons. The lowest BCUT2D eigenvalue weighted by molar-refractivity contribution is 0.307. The second kappa shape index (κ2) is 6.45. The molecule has 1 unspecified atom stereocenters. The van der Waals surface area contributed by atoms with Crippen LogP contribution in [0.1, 0.15) is 17.5 Å². The molecule has 1 saturated heterocycles. The van der Waals surface area contributed by atoms with Crippen LogP contribution in [0.5, 0.6) is 5.75 Å². The molecule has 4 nitrogen and oxygen atoms in total. The van der Waals surface area contributed by atoms with Crippen LogP contribution in [-0.4, -0.2) is 39.1 Å². The van der Waals surface area contributed by atoms with E-state index in [4.69, 9.17) is 4.74 Å². The Bertz CT molecular complexity index is 563. The van der Waals surface area contributed by atoms with Gasteiger partial charge < -0.3 is 10.1 Å². The van der Waals surface area contributed by atoms with Gasteiger partial charge in [0.1, 0.15) is 12.4 Å². The zero-order valence-electron chi connectivity index (χ0n) is 11.8. The fourth-order valence-electron chi connectivity index (χ4n) is 2.38. The van der Waals surface area contributed by atoms with Gasteiger partial charge in [0.2, 0.25) is 0 Å². The van der Waals surface area contributed by atoms with Crippen LogP contribution in [0.15, 0.2) is 16.6 Å². The van der Waals surface area contributed by atoms with Gasteiger partial charge in [-0.05, 0) is 43.5 Å². The summed E-state index contributed by atoms with van der Waals surface area (Å²) in [6.45, 7) is 5.27. The number of halogens is 1. The summed E-state index contributed by atoms with van der Waals surface area (Å²) in [5.41, 5.74) is 2.30. The van der Waals surface area contributed by atoms with Crippen molar-refractivity contribution in [3.8, 4) is 5.75 Å². The molecule has 2 rings (SSSR count). The average molecular weight is 362 g/mol. The lowest BCUT2D eigenvalue weighted by Gasteiger charge is -2.13. The molecule has 0 amide bonds. The minimum atomic E-state index is -2.81. The molecule has 0 aliphatic carbocycles. The number of rotatable bonds is 5. The molecule has 0 bridgehead atoms. The zero-order chi connectivity index (χ0) is 14.8. The SMILES string of the molecule is Cc1cc(OCCNC2CCS(=O)(=O)C2)cc(C)c1Br. The van der Waals surface area contributed by atoms with E-state index in [1.54, 1.807) is 0 Å². The maximum absolute atomic E-state index is 11.3. The van der Waals surface area contributed by atoms with Gasteiger partial charge in [-0.3, -0.25) is 0 Å². The van der Waals surface area contributed by atoms with E-state index in [1.165, 1.54) is 0 Å². The summed E-state index contributed by atoms with van der Waals surface area (Å²) in [6.07, 6.45) is 0.707. The Labute approximate surface area is 129 Å². The predicted octanol–water partition coefficient (Wildman–Crippen LogP) is 2.22. The third kappa shape index (κ3) is 4.20. The van der Waals surface area contributed by atoms with E-state index >= 15 is 0 Å². The molecule has 1 N–H and O–H groups in total. The molecular weight excluding hydrogens is 342 g/mol. The Morgan fingerprint density at radius 2 is 2.00 bits per heavy atom. The molecule has 0 spiro atoms. The van der Waals surface area contributed by atoms with Crippen molar-refractivity contribution in [2.24, 2.45) is 0 Å². The molecular formula is C14H20BrNO3S. The highest BCUT2D eigenvalue weighted by Crippen LogP contribution is 2.26. The minimum absolute atomic E-state index is 0.0805. The Kier molecular flexibility index (Phi) is 5.09. The smallest absolute Gasteiger partial charge is 0.151 e. The molecule has 6 heteroatoms. The Hall–Kier alpha value is -0.590. The van der Waals surface area contributed by atoms with E-state index in [2.05, 4.69) is 21.2 Å². The zero-order valence-corrected chi connectivity index (χ0v) is 14.2. The van der Waals surface area contributed by atoms with Gasteiger partial charge in [-0.15, -0.1) is 0 Å². The van der Waals surface area contributed by atoms with Crippen LogP contribution >= 0.6 is 15.9 Å². The van der Waals surface area contributed by atoms with E-state index in [0.717, 1.165) is 21.3 Å². The van der Waals surface area contributed by atoms with E-state index in [-0.39, 0.29) is 11.8 Å². The maximum Gasteiger partial charge on any atom is 0.151 e. The van der Waals surface area contributed by atoms with Gasteiger partial charge in [0, 0.05) is 17.1 Å². The van der Waals surface area contributed by atoms with Crippen LogP contribution in [0.25, 0.3) is 0 Å². The first-order chi connectivity index (χ1) is 9.37. The van der Waals surface area contributed by atoms with E-state index in [0.29, 0.717) is 25.3 Å². The van der Waals surface area contributed by atoms with Crippen molar-refractivity contribution in [3.05, 3.63) is 27.7 Å². The van der Waals surface area contributed by atoms with Crippen LogP contribution < -0.4 is 10.1 Å². The van der Waals surface area contributed by atoms with Crippen molar-refractivity contribution in [2.45, 2.75) is 26.3 Å². The normalized spacial score (nSPS) is 21.1. The predicted molar refractivity (Wildman–Crippen MR) is 84.2 cm³/mol. The van der Waals surface area contributed by atoms with Gasteiger partial charge in [0.15, 0.2) is 9.84 Å². The minimum Gasteiger partial charge on any atom is -0.492 e. The average Bonchev–Trinajstić information content (AvgIpc) is 2.71. The number of benzene rings is 1. The van der Waals surface area contributed by atoms with E-state index < -0.39 is 9.84 Å². The van der Waals surface area contributed by atoms with Crippen molar-refractivity contribution in [1.82, 2.24) is 5.32 Å². The number of ether oxygens (including phenoxy) is 1. The number of hydrogen-bond donors (Lipinski definition) is 1. The quantitative estimate of drug-likeness (QED) is 0.817. The van der Waals surface area contributed by atoms with Gasteiger partial charge in [-0.2, -0.15) is 0 Å². The second-order valence-electron chi connectivity index (χ2n) is 5.27. The molecule has 0 radical (unpaired) electrons. The first-order valence-electron chi connectivity index (χ1n) is 6.71. The summed E-state index contributed by atoms with van der Waals surface area (Å²) >= 11 is 3.53. The van der Waals surface area contributed by atoms with Gasteiger partial charge >= 0.3 is 0 Å². The molecule has 1 fully saturated rings. The van der Waals surface area contributed by atoms with Crippen LogP contribution in [0.2, 0.25) is 0 Å². The third-order valence-corrected chi connectivity index (χ3v) is 6.46. The maximum atomic E-state index is 11.3. The number of hydrogen-bond acceptors (Lipinski definition) is 4. The van der Waals surface area contributed by atoms with Crippen LogP contribution in [0, 0.1) is 13.8 Å². The van der Waals surface area contributed by atoms with Crippen LogP contribution in [0.4, 0.5) is 0 Å². The number of aryl methyl sites for hydroxylation is 2. The van der Waals surface area contributed by atoms with Crippen LogP contribution in [0.3, 0.4) is 0 Å². The second-order valence-corrected chi connectivity index (χ2v) is 8.30. The van der Waals surface area contributed by atoms with Crippen molar-refractivity contribution in [1.29, 1.82) is 0 Å². The third-order valence-electron chi connectivity index (χ3n) is 3.45. The van der Waals surface area contributed by atoms with Gasteiger partial charge in [0.25, 0.3) is 0 Å². The standard InChI is InChI=1S/C14H20BrNO3S/c1-10-7-13(8-11(2)14(10)15)19-5-4-16-12-3-6-20(17,18)9-12/h7-8,12,16H,3-6,9H2,1-2H3. The molecule has 1 aliphatic rings. The lowest BCUT2D eigenvalue weighted by atomic mass is 10.1. The van der Waals surface area contributed by atoms with Crippen molar-refractivity contribution >= 4 is 25.8 Å². The molecule has 0 saturated carbocycles. The Morgan fingerprint density at radius 3 is 2.55 bits per heavy atom. The fraction of sp³-hybridized carbons (Fsp3) is 0.571. The van der Waals surface area contributed by atoms with Crippen molar-refractivity contribution < 1.29 is 13.2 Å². The summed E-state index contributed by atoms with van der Waals surface area (Å²) in [5, 5.41) is 3.23. The van der Waals surface area contributed by atoms with E-state index in [9.17, 15) is 8.42 Å². The highest BCUT2D eigenvalue weighted by molar-refractivity contribution is 9.10. The van der Waals surface area contributed by atoms with Gasteiger partial charge in [0.05, 0.1) is 11.5 Å².